The lowest BCUT2D eigenvalue weighted by molar-refractivity contribution is 0.167. The molecule has 0 saturated carbocycles. The molecule has 1 aliphatic heterocycles. The lowest BCUT2D eigenvalue weighted by atomic mass is 9.98. The van der Waals surface area contributed by atoms with Crippen LogP contribution in [-0.4, -0.2) is 45.0 Å². The SMILES string of the molecule is COc1ccc(S(=O)(=O)NCC2CCCN(Cc3ccccn3)C2)cc1. The van der Waals surface area contributed by atoms with E-state index in [0.29, 0.717) is 18.2 Å². The zero-order chi connectivity index (χ0) is 18.4. The number of rotatable bonds is 7. The molecule has 26 heavy (non-hydrogen) atoms. The molecule has 3 rings (SSSR count). The van der Waals surface area contributed by atoms with Gasteiger partial charge in [0, 0.05) is 25.8 Å². The molecular formula is C19H25N3O3S. The fraction of sp³-hybridized carbons (Fsp3) is 0.421. The van der Waals surface area contributed by atoms with E-state index in [-0.39, 0.29) is 4.90 Å². The Morgan fingerprint density at radius 1 is 1.23 bits per heavy atom. The summed E-state index contributed by atoms with van der Waals surface area (Å²) in [6, 6.07) is 12.4. The van der Waals surface area contributed by atoms with Crippen LogP contribution in [0.15, 0.2) is 53.6 Å². The molecule has 7 heteroatoms. The predicted molar refractivity (Wildman–Crippen MR) is 100 cm³/mol. The topological polar surface area (TPSA) is 71.5 Å². The van der Waals surface area contributed by atoms with Gasteiger partial charge in [-0.15, -0.1) is 0 Å². The number of methoxy groups -OCH3 is 1. The summed E-state index contributed by atoms with van der Waals surface area (Å²) in [6.45, 7) is 3.16. The molecule has 1 saturated heterocycles. The van der Waals surface area contributed by atoms with Crippen molar-refractivity contribution in [3.8, 4) is 5.75 Å². The van der Waals surface area contributed by atoms with Crippen molar-refractivity contribution >= 4 is 10.0 Å². The van der Waals surface area contributed by atoms with Gasteiger partial charge in [0.1, 0.15) is 5.75 Å². The van der Waals surface area contributed by atoms with Crippen LogP contribution in [0.4, 0.5) is 0 Å². The van der Waals surface area contributed by atoms with Crippen molar-refractivity contribution in [3.05, 3.63) is 54.4 Å². The second-order valence-electron chi connectivity index (χ2n) is 6.59. The quantitative estimate of drug-likeness (QED) is 0.804. The van der Waals surface area contributed by atoms with E-state index in [1.165, 1.54) is 0 Å². The Hall–Kier alpha value is -1.96. The molecule has 0 bridgehead atoms. The highest BCUT2D eigenvalue weighted by atomic mass is 32.2. The van der Waals surface area contributed by atoms with E-state index in [9.17, 15) is 8.42 Å². The first-order valence-corrected chi connectivity index (χ1v) is 10.3. The van der Waals surface area contributed by atoms with Crippen LogP contribution in [0.3, 0.4) is 0 Å². The van der Waals surface area contributed by atoms with E-state index < -0.39 is 10.0 Å². The first-order chi connectivity index (χ1) is 12.6. The normalized spacial score (nSPS) is 18.6. The van der Waals surface area contributed by atoms with E-state index >= 15 is 0 Å². The Morgan fingerprint density at radius 3 is 2.73 bits per heavy atom. The molecule has 0 radical (unpaired) electrons. The summed E-state index contributed by atoms with van der Waals surface area (Å²) in [5.41, 5.74) is 1.05. The highest BCUT2D eigenvalue weighted by Crippen LogP contribution is 2.19. The molecule has 1 N–H and O–H groups in total. The highest BCUT2D eigenvalue weighted by Gasteiger charge is 2.22. The molecular weight excluding hydrogens is 350 g/mol. The molecule has 1 aromatic heterocycles. The van der Waals surface area contributed by atoms with Crippen molar-refractivity contribution < 1.29 is 13.2 Å². The second-order valence-corrected chi connectivity index (χ2v) is 8.36. The summed E-state index contributed by atoms with van der Waals surface area (Å²) in [7, 11) is -1.94. The Bertz CT molecular complexity index is 795. The number of pyridine rings is 1. The summed E-state index contributed by atoms with van der Waals surface area (Å²) in [5, 5.41) is 0. The zero-order valence-corrected chi connectivity index (χ0v) is 15.8. The Kier molecular flexibility index (Phi) is 6.24. The van der Waals surface area contributed by atoms with Crippen molar-refractivity contribution in [3.63, 3.8) is 0 Å². The number of benzene rings is 1. The standard InChI is InChI=1S/C19H25N3O3S/c1-25-18-7-9-19(10-8-18)26(23,24)21-13-16-5-4-12-22(14-16)15-17-6-2-3-11-20-17/h2-3,6-11,16,21H,4-5,12-15H2,1H3. The number of piperidine rings is 1. The maximum absolute atomic E-state index is 12.5. The van der Waals surface area contributed by atoms with Gasteiger partial charge in [-0.1, -0.05) is 6.07 Å². The van der Waals surface area contributed by atoms with Crippen molar-refractivity contribution in [1.82, 2.24) is 14.6 Å². The van der Waals surface area contributed by atoms with E-state index in [1.807, 2.05) is 18.2 Å². The average molecular weight is 375 g/mol. The maximum Gasteiger partial charge on any atom is 0.240 e. The molecule has 1 aromatic carbocycles. The summed E-state index contributed by atoms with van der Waals surface area (Å²) >= 11 is 0. The number of likely N-dealkylation sites (tertiary alicyclic amines) is 1. The second kappa shape index (κ2) is 8.62. The molecule has 1 aliphatic rings. The van der Waals surface area contributed by atoms with Crippen LogP contribution in [0.5, 0.6) is 5.75 Å². The molecule has 0 aliphatic carbocycles. The van der Waals surface area contributed by atoms with E-state index in [4.69, 9.17) is 4.74 Å². The summed E-state index contributed by atoms with van der Waals surface area (Å²) in [6.07, 6.45) is 3.91. The molecule has 0 spiro atoms. The number of hydrogen-bond acceptors (Lipinski definition) is 5. The van der Waals surface area contributed by atoms with E-state index in [2.05, 4.69) is 14.6 Å². The Balaban J connectivity index is 1.54. The van der Waals surface area contributed by atoms with Crippen LogP contribution in [-0.2, 0) is 16.6 Å². The number of sulfonamides is 1. The van der Waals surface area contributed by atoms with Gasteiger partial charge in [-0.25, -0.2) is 13.1 Å². The van der Waals surface area contributed by atoms with Gasteiger partial charge in [-0.3, -0.25) is 9.88 Å². The number of nitrogens with zero attached hydrogens (tertiary/aromatic N) is 2. The number of ether oxygens (including phenoxy) is 1. The van der Waals surface area contributed by atoms with Gasteiger partial charge in [0.2, 0.25) is 10.0 Å². The Morgan fingerprint density at radius 2 is 2.04 bits per heavy atom. The van der Waals surface area contributed by atoms with Crippen molar-refractivity contribution in [2.45, 2.75) is 24.3 Å². The van der Waals surface area contributed by atoms with Crippen LogP contribution in [0, 0.1) is 5.92 Å². The minimum absolute atomic E-state index is 0.263. The molecule has 0 amide bonds. The van der Waals surface area contributed by atoms with Gasteiger partial charge in [-0.05, 0) is 61.7 Å². The van der Waals surface area contributed by atoms with Gasteiger partial charge < -0.3 is 4.74 Å². The third-order valence-electron chi connectivity index (χ3n) is 4.65. The molecule has 2 aromatic rings. The van der Waals surface area contributed by atoms with Gasteiger partial charge in [0.05, 0.1) is 17.7 Å². The lowest BCUT2D eigenvalue weighted by Crippen LogP contribution is -2.40. The van der Waals surface area contributed by atoms with Crippen LogP contribution in [0.2, 0.25) is 0 Å². The first kappa shape index (κ1) is 18.8. The van der Waals surface area contributed by atoms with Crippen LogP contribution in [0.25, 0.3) is 0 Å². The van der Waals surface area contributed by atoms with Gasteiger partial charge >= 0.3 is 0 Å². The van der Waals surface area contributed by atoms with Crippen molar-refractivity contribution in [2.24, 2.45) is 5.92 Å². The summed E-state index contributed by atoms with van der Waals surface area (Å²) in [4.78, 5) is 6.98. The third kappa shape index (κ3) is 5.03. The minimum Gasteiger partial charge on any atom is -0.497 e. The van der Waals surface area contributed by atoms with Crippen LogP contribution >= 0.6 is 0 Å². The van der Waals surface area contributed by atoms with Crippen LogP contribution < -0.4 is 9.46 Å². The fourth-order valence-corrected chi connectivity index (χ4v) is 4.36. The minimum atomic E-state index is -3.50. The van der Waals surface area contributed by atoms with E-state index in [0.717, 1.165) is 38.2 Å². The van der Waals surface area contributed by atoms with Gasteiger partial charge in [0.15, 0.2) is 0 Å². The number of hydrogen-bond donors (Lipinski definition) is 1. The average Bonchev–Trinajstić information content (AvgIpc) is 2.68. The highest BCUT2D eigenvalue weighted by molar-refractivity contribution is 7.89. The predicted octanol–water partition coefficient (Wildman–Crippen LogP) is 2.28. The molecule has 140 valence electrons. The molecule has 6 nitrogen and oxygen atoms in total. The smallest absolute Gasteiger partial charge is 0.240 e. The molecule has 1 unspecified atom stereocenters. The summed E-state index contributed by atoms with van der Waals surface area (Å²) < 4.78 is 32.8. The third-order valence-corrected chi connectivity index (χ3v) is 6.09. The van der Waals surface area contributed by atoms with E-state index in [1.54, 1.807) is 37.6 Å². The number of aromatic nitrogens is 1. The van der Waals surface area contributed by atoms with Crippen molar-refractivity contribution in [1.29, 1.82) is 0 Å². The largest absolute Gasteiger partial charge is 0.497 e. The monoisotopic (exact) mass is 375 g/mol. The lowest BCUT2D eigenvalue weighted by Gasteiger charge is -2.32. The number of nitrogens with one attached hydrogen (secondary N) is 1. The molecule has 1 fully saturated rings. The fourth-order valence-electron chi connectivity index (χ4n) is 3.25. The Labute approximate surface area is 155 Å². The molecule has 2 heterocycles. The molecule has 1 atom stereocenters. The van der Waals surface area contributed by atoms with Gasteiger partial charge in [0.25, 0.3) is 0 Å². The zero-order valence-electron chi connectivity index (χ0n) is 15.0. The maximum atomic E-state index is 12.5. The van der Waals surface area contributed by atoms with Crippen LogP contribution in [0.1, 0.15) is 18.5 Å². The summed E-state index contributed by atoms with van der Waals surface area (Å²) in [5.74, 6) is 0.946. The van der Waals surface area contributed by atoms with Gasteiger partial charge in [-0.2, -0.15) is 0 Å². The first-order valence-electron chi connectivity index (χ1n) is 8.83. The van der Waals surface area contributed by atoms with Crippen molar-refractivity contribution in [2.75, 3.05) is 26.7 Å².